The second-order valence-electron chi connectivity index (χ2n) is 4.53. The molecule has 4 heteroatoms. The molecule has 3 atom stereocenters. The first kappa shape index (κ1) is 12.3. The van der Waals surface area contributed by atoms with E-state index in [1.165, 1.54) is 0 Å². The van der Waals surface area contributed by atoms with Crippen molar-refractivity contribution in [1.29, 1.82) is 0 Å². The summed E-state index contributed by atoms with van der Waals surface area (Å²) < 4.78 is 17.2. The lowest BCUT2D eigenvalue weighted by Gasteiger charge is -2.13. The summed E-state index contributed by atoms with van der Waals surface area (Å²) in [6.07, 6.45) is 0.236. The van der Waals surface area contributed by atoms with Crippen molar-refractivity contribution in [1.82, 2.24) is 0 Å². The number of carbonyl (C=O) groups is 1. The molecular formula is C13H16O3S. The van der Waals surface area contributed by atoms with Crippen molar-refractivity contribution in [2.75, 3.05) is 5.75 Å². The standard InChI is InChI=1S/C13H16O3S/c1-9-3-5-11(6-4-9)17(15)8-12-10(2)7-13(14)16-12/h3-6,10,12H,7-8H2,1-2H3/t10-,12-,17-/m1/s1. The van der Waals surface area contributed by atoms with E-state index in [-0.39, 0.29) is 18.0 Å². The molecule has 1 aromatic carbocycles. The Hall–Kier alpha value is -1.16. The highest BCUT2D eigenvalue weighted by molar-refractivity contribution is 7.85. The van der Waals surface area contributed by atoms with E-state index in [4.69, 9.17) is 4.74 Å². The predicted molar refractivity (Wildman–Crippen MR) is 66.1 cm³/mol. The smallest absolute Gasteiger partial charge is 0.306 e. The van der Waals surface area contributed by atoms with Crippen LogP contribution in [0.25, 0.3) is 0 Å². The molecule has 0 bridgehead atoms. The predicted octanol–water partition coefficient (Wildman–Crippen LogP) is 2.05. The van der Waals surface area contributed by atoms with E-state index in [0.717, 1.165) is 10.5 Å². The Balaban J connectivity index is 2.02. The highest BCUT2D eigenvalue weighted by Gasteiger charge is 2.32. The zero-order valence-corrected chi connectivity index (χ0v) is 10.8. The summed E-state index contributed by atoms with van der Waals surface area (Å²) in [5.41, 5.74) is 1.14. The van der Waals surface area contributed by atoms with Gasteiger partial charge in [0.2, 0.25) is 0 Å². The Kier molecular flexibility index (Phi) is 3.62. The van der Waals surface area contributed by atoms with Gasteiger partial charge in [0.1, 0.15) is 6.10 Å². The monoisotopic (exact) mass is 252 g/mol. The highest BCUT2D eigenvalue weighted by atomic mass is 32.2. The Morgan fingerprint density at radius 1 is 1.35 bits per heavy atom. The van der Waals surface area contributed by atoms with Gasteiger partial charge in [-0.1, -0.05) is 24.6 Å². The lowest BCUT2D eigenvalue weighted by Crippen LogP contribution is -2.22. The second kappa shape index (κ2) is 5.00. The molecular weight excluding hydrogens is 236 g/mol. The summed E-state index contributed by atoms with van der Waals surface area (Å²) in [6.45, 7) is 3.95. The number of hydrogen-bond donors (Lipinski definition) is 0. The fourth-order valence-electron chi connectivity index (χ4n) is 1.86. The minimum Gasteiger partial charge on any atom is -0.461 e. The van der Waals surface area contributed by atoms with Crippen LogP contribution in [-0.4, -0.2) is 22.0 Å². The molecule has 3 nitrogen and oxygen atoms in total. The van der Waals surface area contributed by atoms with E-state index in [1.54, 1.807) is 0 Å². The Bertz CT molecular complexity index is 438. The number of cyclic esters (lactones) is 1. The molecule has 0 amide bonds. The maximum Gasteiger partial charge on any atom is 0.306 e. The summed E-state index contributed by atoms with van der Waals surface area (Å²) in [5, 5.41) is 0. The van der Waals surface area contributed by atoms with Crippen molar-refractivity contribution in [3.8, 4) is 0 Å². The fourth-order valence-corrected chi connectivity index (χ4v) is 3.19. The van der Waals surface area contributed by atoms with Crippen molar-refractivity contribution >= 4 is 16.8 Å². The number of carbonyl (C=O) groups excluding carboxylic acids is 1. The van der Waals surface area contributed by atoms with Crippen molar-refractivity contribution in [3.05, 3.63) is 29.8 Å². The topological polar surface area (TPSA) is 43.4 Å². The molecule has 2 rings (SSSR count). The fraction of sp³-hybridized carbons (Fsp3) is 0.462. The molecule has 0 aliphatic carbocycles. The molecule has 1 aliphatic heterocycles. The van der Waals surface area contributed by atoms with Gasteiger partial charge in [0.15, 0.2) is 0 Å². The molecule has 0 spiro atoms. The van der Waals surface area contributed by atoms with Crippen molar-refractivity contribution in [3.63, 3.8) is 0 Å². The third-order valence-electron chi connectivity index (χ3n) is 3.01. The van der Waals surface area contributed by atoms with Crippen LogP contribution < -0.4 is 0 Å². The Labute approximate surface area is 104 Å². The maximum absolute atomic E-state index is 12.1. The molecule has 0 radical (unpaired) electrons. The summed E-state index contributed by atoms with van der Waals surface area (Å²) >= 11 is 0. The van der Waals surface area contributed by atoms with E-state index >= 15 is 0 Å². The SMILES string of the molecule is Cc1ccc([S@](=O)C[C@H]2OC(=O)C[C@H]2C)cc1. The van der Waals surface area contributed by atoms with Gasteiger partial charge >= 0.3 is 5.97 Å². The molecule has 92 valence electrons. The number of esters is 1. The maximum atomic E-state index is 12.1. The van der Waals surface area contributed by atoms with Crippen LogP contribution in [0.5, 0.6) is 0 Å². The van der Waals surface area contributed by atoms with Gasteiger partial charge in [-0.3, -0.25) is 9.00 Å². The van der Waals surface area contributed by atoms with Crippen LogP contribution in [0.2, 0.25) is 0 Å². The van der Waals surface area contributed by atoms with Crippen molar-refractivity contribution < 1.29 is 13.7 Å². The van der Waals surface area contributed by atoms with Gasteiger partial charge in [-0.15, -0.1) is 0 Å². The zero-order valence-electron chi connectivity index (χ0n) is 10.0. The number of benzene rings is 1. The Morgan fingerprint density at radius 3 is 2.53 bits per heavy atom. The van der Waals surface area contributed by atoms with E-state index < -0.39 is 10.8 Å². The minimum atomic E-state index is -1.09. The van der Waals surface area contributed by atoms with Gasteiger partial charge < -0.3 is 4.74 Å². The van der Waals surface area contributed by atoms with Crippen LogP contribution in [0, 0.1) is 12.8 Å². The molecule has 1 aromatic rings. The molecule has 0 saturated carbocycles. The van der Waals surface area contributed by atoms with E-state index in [9.17, 15) is 9.00 Å². The molecule has 1 saturated heterocycles. The average molecular weight is 252 g/mol. The normalized spacial score (nSPS) is 25.6. The van der Waals surface area contributed by atoms with Crippen molar-refractivity contribution in [2.24, 2.45) is 5.92 Å². The van der Waals surface area contributed by atoms with Crippen LogP contribution in [0.15, 0.2) is 29.2 Å². The summed E-state index contributed by atoms with van der Waals surface area (Å²) in [7, 11) is -1.09. The number of ether oxygens (including phenoxy) is 1. The molecule has 0 N–H and O–H groups in total. The summed E-state index contributed by atoms with van der Waals surface area (Å²) in [6, 6.07) is 7.62. The van der Waals surface area contributed by atoms with E-state index in [1.807, 2.05) is 38.1 Å². The summed E-state index contributed by atoms with van der Waals surface area (Å²) in [4.78, 5) is 11.9. The van der Waals surface area contributed by atoms with E-state index in [0.29, 0.717) is 12.2 Å². The molecule has 1 fully saturated rings. The number of rotatable bonds is 3. The minimum absolute atomic E-state index is 0.164. The van der Waals surface area contributed by atoms with Crippen LogP contribution in [0.1, 0.15) is 18.9 Å². The average Bonchev–Trinajstić information content (AvgIpc) is 2.58. The molecule has 0 unspecified atom stereocenters. The third-order valence-corrected chi connectivity index (χ3v) is 4.43. The van der Waals surface area contributed by atoms with Crippen molar-refractivity contribution in [2.45, 2.75) is 31.3 Å². The lowest BCUT2D eigenvalue weighted by atomic mass is 10.1. The molecule has 1 aliphatic rings. The second-order valence-corrected chi connectivity index (χ2v) is 6.03. The van der Waals surface area contributed by atoms with Crippen LogP contribution in [0.4, 0.5) is 0 Å². The van der Waals surface area contributed by atoms with E-state index in [2.05, 4.69) is 0 Å². The van der Waals surface area contributed by atoms with Crippen LogP contribution >= 0.6 is 0 Å². The first-order chi connectivity index (χ1) is 8.06. The number of aryl methyl sites for hydroxylation is 1. The highest BCUT2D eigenvalue weighted by Crippen LogP contribution is 2.23. The molecule has 17 heavy (non-hydrogen) atoms. The molecule has 0 aromatic heterocycles. The zero-order chi connectivity index (χ0) is 12.4. The molecule has 1 heterocycles. The Morgan fingerprint density at radius 2 is 2.00 bits per heavy atom. The third kappa shape index (κ3) is 2.94. The van der Waals surface area contributed by atoms with Gasteiger partial charge in [0, 0.05) is 10.8 Å². The first-order valence-electron chi connectivity index (χ1n) is 5.71. The van der Waals surface area contributed by atoms with Gasteiger partial charge in [-0.05, 0) is 19.1 Å². The largest absolute Gasteiger partial charge is 0.461 e. The van der Waals surface area contributed by atoms with Crippen LogP contribution in [-0.2, 0) is 20.3 Å². The first-order valence-corrected chi connectivity index (χ1v) is 7.02. The van der Waals surface area contributed by atoms with Gasteiger partial charge in [-0.2, -0.15) is 0 Å². The van der Waals surface area contributed by atoms with Gasteiger partial charge in [0.05, 0.1) is 23.0 Å². The number of hydrogen-bond acceptors (Lipinski definition) is 3. The van der Waals surface area contributed by atoms with Crippen LogP contribution in [0.3, 0.4) is 0 Å². The van der Waals surface area contributed by atoms with Gasteiger partial charge in [0.25, 0.3) is 0 Å². The lowest BCUT2D eigenvalue weighted by molar-refractivity contribution is -0.140. The van der Waals surface area contributed by atoms with Gasteiger partial charge in [-0.25, -0.2) is 0 Å². The summed E-state index contributed by atoms with van der Waals surface area (Å²) in [5.74, 6) is 0.385. The quantitative estimate of drug-likeness (QED) is 0.773.